The van der Waals surface area contributed by atoms with Crippen LogP contribution >= 0.6 is 0 Å². The standard InChI is InChI=1S/C24H41N3O8/c1-16(2)18(12-17-8-9-21(33-6)22(13-17)34-11-7-10-32-5)14-19(25)20(28)15-26-23(29)24(3,4)35-27(30)31/h8-9,13,16,18-20,28H,7,10-12,14-15,25H2,1-6H3,(H,26,29). The summed E-state index contributed by atoms with van der Waals surface area (Å²) in [4.78, 5) is 27.1. The Labute approximate surface area is 207 Å². The molecule has 1 amide bonds. The average Bonchev–Trinajstić information content (AvgIpc) is 2.78. The van der Waals surface area contributed by atoms with Crippen LogP contribution in [0.25, 0.3) is 0 Å². The van der Waals surface area contributed by atoms with Gasteiger partial charge in [-0.2, -0.15) is 0 Å². The molecule has 1 rings (SSSR count). The number of rotatable bonds is 17. The molecule has 3 unspecified atom stereocenters. The van der Waals surface area contributed by atoms with Gasteiger partial charge in [0.15, 0.2) is 17.1 Å². The molecule has 0 aliphatic carbocycles. The first-order chi connectivity index (χ1) is 16.4. The molecule has 1 aromatic rings. The maximum Gasteiger partial charge on any atom is 0.295 e. The maximum absolute atomic E-state index is 12.2. The van der Waals surface area contributed by atoms with Gasteiger partial charge in [-0.1, -0.05) is 19.9 Å². The van der Waals surface area contributed by atoms with Gasteiger partial charge in [-0.25, -0.2) is 0 Å². The van der Waals surface area contributed by atoms with E-state index < -0.39 is 28.7 Å². The summed E-state index contributed by atoms with van der Waals surface area (Å²) in [5.74, 6) is 1.04. The van der Waals surface area contributed by atoms with E-state index >= 15 is 0 Å². The highest BCUT2D eigenvalue weighted by Crippen LogP contribution is 2.31. The van der Waals surface area contributed by atoms with Crippen molar-refractivity contribution in [3.63, 3.8) is 0 Å². The van der Waals surface area contributed by atoms with E-state index in [2.05, 4.69) is 24.0 Å². The van der Waals surface area contributed by atoms with Gasteiger partial charge in [0.25, 0.3) is 11.0 Å². The number of carbonyl (C=O) groups is 1. The molecule has 1 aromatic carbocycles. The number of benzene rings is 1. The molecule has 0 aliphatic heterocycles. The Morgan fingerprint density at radius 3 is 2.49 bits per heavy atom. The fourth-order valence-electron chi connectivity index (χ4n) is 3.54. The molecule has 11 nitrogen and oxygen atoms in total. The van der Waals surface area contributed by atoms with Crippen LogP contribution < -0.4 is 20.5 Å². The fourth-order valence-corrected chi connectivity index (χ4v) is 3.54. The lowest BCUT2D eigenvalue weighted by Gasteiger charge is -2.28. The second-order valence-corrected chi connectivity index (χ2v) is 9.39. The second kappa shape index (κ2) is 14.7. The highest BCUT2D eigenvalue weighted by Gasteiger charge is 2.33. The summed E-state index contributed by atoms with van der Waals surface area (Å²) < 4.78 is 16.3. The van der Waals surface area contributed by atoms with Crippen LogP contribution in [0.15, 0.2) is 18.2 Å². The van der Waals surface area contributed by atoms with E-state index in [9.17, 15) is 20.0 Å². The Balaban J connectivity index is 2.76. The molecule has 4 N–H and O–H groups in total. The monoisotopic (exact) mass is 499 g/mol. The molecule has 35 heavy (non-hydrogen) atoms. The summed E-state index contributed by atoms with van der Waals surface area (Å²) in [6.45, 7) is 7.71. The summed E-state index contributed by atoms with van der Waals surface area (Å²) >= 11 is 0. The quantitative estimate of drug-likeness (QED) is 0.166. The van der Waals surface area contributed by atoms with Gasteiger partial charge in [-0.05, 0) is 56.2 Å². The van der Waals surface area contributed by atoms with Crippen molar-refractivity contribution in [1.82, 2.24) is 5.32 Å². The normalized spacial score (nSPS) is 14.2. The number of nitrogens with two attached hydrogens (primary N) is 1. The SMILES string of the molecule is COCCCOc1cc(CC(CC(N)C(O)CNC(=O)C(C)(C)O[N+](=O)[O-])C(C)C)ccc1OC. The zero-order chi connectivity index (χ0) is 26.6. The van der Waals surface area contributed by atoms with Crippen molar-refractivity contribution in [2.24, 2.45) is 17.6 Å². The minimum atomic E-state index is -1.68. The third-order valence-corrected chi connectivity index (χ3v) is 5.81. The third-order valence-electron chi connectivity index (χ3n) is 5.81. The number of nitrogens with zero attached hydrogens (tertiary/aromatic N) is 1. The lowest BCUT2D eigenvalue weighted by Crippen LogP contribution is -2.50. The summed E-state index contributed by atoms with van der Waals surface area (Å²) in [6.07, 6.45) is 0.964. The van der Waals surface area contributed by atoms with Gasteiger partial charge < -0.3 is 30.4 Å². The molecule has 0 aliphatic rings. The van der Waals surface area contributed by atoms with Crippen molar-refractivity contribution in [2.45, 2.75) is 64.7 Å². The van der Waals surface area contributed by atoms with Crippen LogP contribution in [0.4, 0.5) is 0 Å². The minimum Gasteiger partial charge on any atom is -0.493 e. The first kappa shape index (κ1) is 30.4. The Bertz CT molecular complexity index is 803. The Morgan fingerprint density at radius 1 is 1.23 bits per heavy atom. The number of methoxy groups -OCH3 is 2. The van der Waals surface area contributed by atoms with Crippen LogP contribution in [0.3, 0.4) is 0 Å². The predicted octanol–water partition coefficient (Wildman–Crippen LogP) is 2.11. The van der Waals surface area contributed by atoms with Crippen molar-refractivity contribution in [2.75, 3.05) is 34.0 Å². The average molecular weight is 500 g/mol. The molecule has 200 valence electrons. The lowest BCUT2D eigenvalue weighted by atomic mass is 9.83. The first-order valence-corrected chi connectivity index (χ1v) is 11.7. The number of hydrogen-bond acceptors (Lipinski definition) is 9. The Hall–Kier alpha value is -2.63. The van der Waals surface area contributed by atoms with E-state index in [-0.39, 0.29) is 18.4 Å². The zero-order valence-corrected chi connectivity index (χ0v) is 21.6. The molecule has 11 heteroatoms. The number of ether oxygens (including phenoxy) is 3. The predicted molar refractivity (Wildman–Crippen MR) is 131 cm³/mol. The highest BCUT2D eigenvalue weighted by atomic mass is 17.0. The van der Waals surface area contributed by atoms with Crippen LogP contribution in [-0.2, 0) is 20.8 Å². The molecule has 0 bridgehead atoms. The molecule has 0 radical (unpaired) electrons. The molecular formula is C24H41N3O8. The molecule has 0 aromatic heterocycles. The van der Waals surface area contributed by atoms with Crippen molar-refractivity contribution in [1.29, 1.82) is 0 Å². The minimum absolute atomic E-state index is 0.142. The smallest absolute Gasteiger partial charge is 0.295 e. The van der Waals surface area contributed by atoms with Crippen LogP contribution in [0.2, 0.25) is 0 Å². The van der Waals surface area contributed by atoms with E-state index in [1.165, 1.54) is 13.8 Å². The molecule has 0 saturated carbocycles. The summed E-state index contributed by atoms with van der Waals surface area (Å²) in [5, 5.41) is 22.5. The molecule has 0 spiro atoms. The van der Waals surface area contributed by atoms with E-state index in [1.807, 2.05) is 18.2 Å². The number of aliphatic hydroxyl groups excluding tert-OH is 1. The van der Waals surface area contributed by atoms with Crippen LogP contribution in [0, 0.1) is 22.0 Å². The van der Waals surface area contributed by atoms with Crippen molar-refractivity contribution in [3.05, 3.63) is 33.9 Å². The number of aliphatic hydroxyl groups is 1. The largest absolute Gasteiger partial charge is 0.493 e. The van der Waals surface area contributed by atoms with E-state index in [1.54, 1.807) is 14.2 Å². The Morgan fingerprint density at radius 2 is 1.91 bits per heavy atom. The second-order valence-electron chi connectivity index (χ2n) is 9.39. The molecular weight excluding hydrogens is 458 g/mol. The number of carbonyl (C=O) groups excluding carboxylic acids is 1. The van der Waals surface area contributed by atoms with E-state index in [0.717, 1.165) is 12.0 Å². The van der Waals surface area contributed by atoms with Gasteiger partial charge >= 0.3 is 0 Å². The van der Waals surface area contributed by atoms with Crippen LogP contribution in [0.1, 0.15) is 46.1 Å². The van der Waals surface area contributed by atoms with E-state index in [0.29, 0.717) is 37.6 Å². The van der Waals surface area contributed by atoms with Gasteiger partial charge in [0, 0.05) is 32.7 Å². The number of nitrogens with one attached hydrogen (secondary N) is 1. The fraction of sp³-hybridized carbons (Fsp3) is 0.708. The maximum atomic E-state index is 12.2. The van der Waals surface area contributed by atoms with Crippen LogP contribution in [0.5, 0.6) is 11.5 Å². The summed E-state index contributed by atoms with van der Waals surface area (Å²) in [5.41, 5.74) is 5.64. The summed E-state index contributed by atoms with van der Waals surface area (Å²) in [6, 6.07) is 5.21. The van der Waals surface area contributed by atoms with Crippen molar-refractivity contribution >= 4 is 5.91 Å². The van der Waals surface area contributed by atoms with Gasteiger partial charge in [0.05, 0.1) is 19.8 Å². The Kier molecular flexibility index (Phi) is 12.8. The third kappa shape index (κ3) is 10.7. The topological polar surface area (TPSA) is 155 Å². The molecule has 0 fully saturated rings. The van der Waals surface area contributed by atoms with E-state index in [4.69, 9.17) is 19.9 Å². The lowest BCUT2D eigenvalue weighted by molar-refractivity contribution is -0.774. The van der Waals surface area contributed by atoms with Crippen LogP contribution in [-0.4, -0.2) is 67.8 Å². The van der Waals surface area contributed by atoms with Gasteiger partial charge in [0.2, 0.25) is 0 Å². The zero-order valence-electron chi connectivity index (χ0n) is 21.6. The molecule has 0 saturated heterocycles. The molecule has 0 heterocycles. The molecule has 3 atom stereocenters. The first-order valence-electron chi connectivity index (χ1n) is 11.7. The van der Waals surface area contributed by atoms with Crippen molar-refractivity contribution in [3.8, 4) is 11.5 Å². The van der Waals surface area contributed by atoms with Gasteiger partial charge in [-0.15, -0.1) is 10.1 Å². The number of hydrogen-bond donors (Lipinski definition) is 3. The highest BCUT2D eigenvalue weighted by molar-refractivity contribution is 5.84. The van der Waals surface area contributed by atoms with Gasteiger partial charge in [0.1, 0.15) is 0 Å². The number of amides is 1. The summed E-state index contributed by atoms with van der Waals surface area (Å²) in [7, 11) is 3.24. The van der Waals surface area contributed by atoms with Gasteiger partial charge in [-0.3, -0.25) is 9.63 Å². The van der Waals surface area contributed by atoms with Crippen molar-refractivity contribution < 1.29 is 34.0 Å².